The zero-order valence-corrected chi connectivity index (χ0v) is 11.1. The van der Waals surface area contributed by atoms with Crippen molar-refractivity contribution in [3.63, 3.8) is 0 Å². The number of ether oxygens (including phenoxy) is 2. The summed E-state index contributed by atoms with van der Waals surface area (Å²) < 4.78 is 10.2. The van der Waals surface area contributed by atoms with E-state index in [1.165, 1.54) is 26.4 Å². The largest absolute Gasteiger partial charge is 0.497 e. The van der Waals surface area contributed by atoms with Crippen molar-refractivity contribution in [3.8, 4) is 11.5 Å². The summed E-state index contributed by atoms with van der Waals surface area (Å²) in [5.41, 5.74) is 6.12. The second-order valence-corrected chi connectivity index (χ2v) is 3.90. The lowest BCUT2D eigenvalue weighted by Crippen LogP contribution is -2.14. The van der Waals surface area contributed by atoms with Gasteiger partial charge in [0.1, 0.15) is 17.3 Å². The number of anilines is 2. The van der Waals surface area contributed by atoms with Crippen molar-refractivity contribution < 1.29 is 14.3 Å². The van der Waals surface area contributed by atoms with Gasteiger partial charge in [0.05, 0.1) is 14.2 Å². The molecule has 3 N–H and O–H groups in total. The summed E-state index contributed by atoms with van der Waals surface area (Å²) in [5.74, 6) is 1.00. The van der Waals surface area contributed by atoms with E-state index in [2.05, 4.69) is 15.5 Å². The van der Waals surface area contributed by atoms with Gasteiger partial charge in [-0.2, -0.15) is 0 Å². The number of benzene rings is 1. The minimum absolute atomic E-state index is 0.168. The number of nitrogens with two attached hydrogens (primary N) is 1. The number of hydrogen-bond donors (Lipinski definition) is 2. The normalized spacial score (nSPS) is 9.90. The number of nitrogen functional groups attached to an aromatic ring is 1. The molecule has 1 aromatic carbocycles. The molecule has 0 unspecified atom stereocenters. The van der Waals surface area contributed by atoms with Crippen LogP contribution in [0.2, 0.25) is 0 Å². The topological polar surface area (TPSA) is 99.4 Å². The van der Waals surface area contributed by atoms with Gasteiger partial charge in [0.25, 0.3) is 5.91 Å². The highest BCUT2D eigenvalue weighted by Crippen LogP contribution is 2.25. The van der Waals surface area contributed by atoms with E-state index in [1.54, 1.807) is 18.2 Å². The SMILES string of the molecule is COc1cc(NC(=O)c2ccc(N)nn2)cc(OC)c1. The maximum atomic E-state index is 12.0. The van der Waals surface area contributed by atoms with E-state index in [1.807, 2.05) is 0 Å². The molecule has 2 aromatic rings. The van der Waals surface area contributed by atoms with Gasteiger partial charge in [-0.3, -0.25) is 4.79 Å². The maximum absolute atomic E-state index is 12.0. The van der Waals surface area contributed by atoms with E-state index >= 15 is 0 Å². The van der Waals surface area contributed by atoms with E-state index in [0.717, 1.165) is 0 Å². The third kappa shape index (κ3) is 3.14. The van der Waals surface area contributed by atoms with Crippen LogP contribution in [0.3, 0.4) is 0 Å². The first-order valence-corrected chi connectivity index (χ1v) is 5.76. The van der Waals surface area contributed by atoms with Gasteiger partial charge in [-0.15, -0.1) is 10.2 Å². The van der Waals surface area contributed by atoms with Crippen LogP contribution >= 0.6 is 0 Å². The molecule has 0 aliphatic heterocycles. The van der Waals surface area contributed by atoms with Gasteiger partial charge in [-0.1, -0.05) is 0 Å². The highest BCUT2D eigenvalue weighted by atomic mass is 16.5. The molecule has 0 aliphatic carbocycles. The molecule has 0 radical (unpaired) electrons. The number of nitrogens with one attached hydrogen (secondary N) is 1. The van der Waals surface area contributed by atoms with Crippen molar-refractivity contribution in [1.82, 2.24) is 10.2 Å². The molecule has 1 heterocycles. The summed E-state index contributed by atoms with van der Waals surface area (Å²) in [5, 5.41) is 10.0. The first kappa shape index (κ1) is 13.6. The Labute approximate surface area is 115 Å². The molecule has 0 fully saturated rings. The van der Waals surface area contributed by atoms with Crippen LogP contribution in [0.4, 0.5) is 11.5 Å². The van der Waals surface area contributed by atoms with Crippen molar-refractivity contribution in [2.24, 2.45) is 0 Å². The molecule has 104 valence electrons. The fourth-order valence-corrected chi connectivity index (χ4v) is 1.54. The molecule has 1 aromatic heterocycles. The van der Waals surface area contributed by atoms with Crippen molar-refractivity contribution in [1.29, 1.82) is 0 Å². The van der Waals surface area contributed by atoms with E-state index in [-0.39, 0.29) is 11.5 Å². The molecule has 7 nitrogen and oxygen atoms in total. The maximum Gasteiger partial charge on any atom is 0.276 e. The standard InChI is InChI=1S/C13H14N4O3/c1-19-9-5-8(6-10(7-9)20-2)15-13(18)11-3-4-12(14)17-16-11/h3-7H,1-2H3,(H2,14,17)(H,15,18). The van der Waals surface area contributed by atoms with Crippen LogP contribution in [-0.4, -0.2) is 30.3 Å². The van der Waals surface area contributed by atoms with Crippen LogP contribution in [0.15, 0.2) is 30.3 Å². The summed E-state index contributed by atoms with van der Waals surface area (Å²) in [6.07, 6.45) is 0. The average Bonchev–Trinajstić information content (AvgIpc) is 2.47. The highest BCUT2D eigenvalue weighted by molar-refractivity contribution is 6.03. The Morgan fingerprint density at radius 2 is 1.75 bits per heavy atom. The Balaban J connectivity index is 2.20. The third-order valence-corrected chi connectivity index (χ3v) is 2.53. The zero-order chi connectivity index (χ0) is 14.5. The molecular formula is C13H14N4O3. The summed E-state index contributed by atoms with van der Waals surface area (Å²) in [7, 11) is 3.07. The first-order chi connectivity index (χ1) is 9.62. The Kier molecular flexibility index (Phi) is 3.99. The molecule has 0 spiro atoms. The lowest BCUT2D eigenvalue weighted by atomic mass is 10.2. The van der Waals surface area contributed by atoms with Crippen molar-refractivity contribution in [2.75, 3.05) is 25.3 Å². The molecule has 1 amide bonds. The monoisotopic (exact) mass is 274 g/mol. The van der Waals surface area contributed by atoms with Crippen LogP contribution < -0.4 is 20.5 Å². The van der Waals surface area contributed by atoms with E-state index in [4.69, 9.17) is 15.2 Å². The van der Waals surface area contributed by atoms with Crippen molar-refractivity contribution in [2.45, 2.75) is 0 Å². The number of aromatic nitrogens is 2. The Hall–Kier alpha value is -2.83. The van der Waals surface area contributed by atoms with Gasteiger partial charge in [0.2, 0.25) is 0 Å². The van der Waals surface area contributed by atoms with Gasteiger partial charge < -0.3 is 20.5 Å². The second-order valence-electron chi connectivity index (χ2n) is 3.90. The van der Waals surface area contributed by atoms with Crippen molar-refractivity contribution in [3.05, 3.63) is 36.0 Å². The van der Waals surface area contributed by atoms with Crippen LogP contribution in [0, 0.1) is 0 Å². The van der Waals surface area contributed by atoms with Gasteiger partial charge in [-0.25, -0.2) is 0 Å². The number of carbonyl (C=O) groups is 1. The molecule has 0 saturated carbocycles. The fourth-order valence-electron chi connectivity index (χ4n) is 1.54. The predicted molar refractivity (Wildman–Crippen MR) is 73.9 cm³/mol. The van der Waals surface area contributed by atoms with Crippen LogP contribution in [-0.2, 0) is 0 Å². The number of amides is 1. The number of hydrogen-bond acceptors (Lipinski definition) is 6. The predicted octanol–water partition coefficient (Wildman–Crippen LogP) is 1.33. The van der Waals surface area contributed by atoms with Crippen molar-refractivity contribution >= 4 is 17.4 Å². The molecule has 2 rings (SSSR count). The molecule has 20 heavy (non-hydrogen) atoms. The lowest BCUT2D eigenvalue weighted by molar-refractivity contribution is 0.102. The van der Waals surface area contributed by atoms with Gasteiger partial charge >= 0.3 is 0 Å². The fraction of sp³-hybridized carbons (Fsp3) is 0.154. The van der Waals surface area contributed by atoms with Gasteiger partial charge in [0.15, 0.2) is 5.69 Å². The Bertz CT molecular complexity index is 591. The number of carbonyl (C=O) groups excluding carboxylic acids is 1. The quantitative estimate of drug-likeness (QED) is 0.872. The minimum atomic E-state index is -0.396. The molecule has 0 aliphatic rings. The number of rotatable bonds is 4. The first-order valence-electron chi connectivity index (χ1n) is 5.76. The Morgan fingerprint density at radius 1 is 1.10 bits per heavy atom. The average molecular weight is 274 g/mol. The van der Waals surface area contributed by atoms with E-state index < -0.39 is 5.91 Å². The van der Waals surface area contributed by atoms with E-state index in [0.29, 0.717) is 17.2 Å². The molecular weight excluding hydrogens is 260 g/mol. The lowest BCUT2D eigenvalue weighted by Gasteiger charge is -2.09. The van der Waals surface area contributed by atoms with Gasteiger partial charge in [-0.05, 0) is 12.1 Å². The number of nitrogens with zero attached hydrogens (tertiary/aromatic N) is 2. The molecule has 7 heteroatoms. The summed E-state index contributed by atoms with van der Waals surface area (Å²) in [4.78, 5) is 12.0. The van der Waals surface area contributed by atoms with Crippen LogP contribution in [0.5, 0.6) is 11.5 Å². The smallest absolute Gasteiger partial charge is 0.276 e. The molecule has 0 atom stereocenters. The summed E-state index contributed by atoms with van der Waals surface area (Å²) >= 11 is 0. The van der Waals surface area contributed by atoms with Crippen LogP contribution in [0.1, 0.15) is 10.5 Å². The second kappa shape index (κ2) is 5.87. The summed E-state index contributed by atoms with van der Waals surface area (Å²) in [6, 6.07) is 8.05. The highest BCUT2D eigenvalue weighted by Gasteiger charge is 2.10. The molecule has 0 bridgehead atoms. The zero-order valence-electron chi connectivity index (χ0n) is 11.1. The Morgan fingerprint density at radius 3 is 2.25 bits per heavy atom. The number of methoxy groups -OCH3 is 2. The summed E-state index contributed by atoms with van der Waals surface area (Å²) in [6.45, 7) is 0. The third-order valence-electron chi connectivity index (χ3n) is 2.53. The van der Waals surface area contributed by atoms with Crippen LogP contribution in [0.25, 0.3) is 0 Å². The molecule has 0 saturated heterocycles. The van der Waals surface area contributed by atoms with E-state index in [9.17, 15) is 4.79 Å². The minimum Gasteiger partial charge on any atom is -0.497 e. The van der Waals surface area contributed by atoms with Gasteiger partial charge in [0, 0.05) is 23.9 Å².